The first-order valence-corrected chi connectivity index (χ1v) is 5.98. The molecule has 0 saturated heterocycles. The number of carbonyl (C=O) groups excluding carboxylic acids is 1. The average molecular weight is 250 g/mol. The second kappa shape index (κ2) is 5.48. The molecule has 5 heteroatoms. The van der Waals surface area contributed by atoms with Crippen LogP contribution in [0.25, 0.3) is 0 Å². The monoisotopic (exact) mass is 250 g/mol. The highest BCUT2D eigenvalue weighted by Crippen LogP contribution is 2.24. The van der Waals surface area contributed by atoms with E-state index in [0.717, 1.165) is 12.0 Å². The molecular formula is C11H13F3OS. The van der Waals surface area contributed by atoms with Crippen LogP contribution in [0.1, 0.15) is 41.4 Å². The standard InChI is InChI=1S/C11H13F3OS/c1-2-8-5-7-16-10(8)9(15)4-3-6-11(12,13)14/h5,7H,2-4,6H2,1H3. The Morgan fingerprint density at radius 3 is 2.69 bits per heavy atom. The van der Waals surface area contributed by atoms with Gasteiger partial charge in [0.2, 0.25) is 0 Å². The first kappa shape index (κ1) is 13.2. The number of carbonyl (C=O) groups is 1. The highest BCUT2D eigenvalue weighted by Gasteiger charge is 2.26. The van der Waals surface area contributed by atoms with Gasteiger partial charge in [0, 0.05) is 12.8 Å². The molecule has 0 aliphatic rings. The van der Waals surface area contributed by atoms with Gasteiger partial charge in [0.15, 0.2) is 5.78 Å². The quantitative estimate of drug-likeness (QED) is 0.715. The Bertz CT molecular complexity index is 354. The van der Waals surface area contributed by atoms with Gasteiger partial charge in [-0.15, -0.1) is 11.3 Å². The highest BCUT2D eigenvalue weighted by molar-refractivity contribution is 7.12. The minimum absolute atomic E-state index is 0.0208. The van der Waals surface area contributed by atoms with Gasteiger partial charge < -0.3 is 0 Å². The van der Waals surface area contributed by atoms with E-state index in [9.17, 15) is 18.0 Å². The van der Waals surface area contributed by atoms with Gasteiger partial charge in [-0.3, -0.25) is 4.79 Å². The summed E-state index contributed by atoms with van der Waals surface area (Å²) in [5.41, 5.74) is 0.932. The number of thiophene rings is 1. The van der Waals surface area contributed by atoms with Crippen molar-refractivity contribution in [3.63, 3.8) is 0 Å². The van der Waals surface area contributed by atoms with E-state index in [4.69, 9.17) is 0 Å². The molecular weight excluding hydrogens is 237 g/mol. The third kappa shape index (κ3) is 3.96. The van der Waals surface area contributed by atoms with Gasteiger partial charge in [0.25, 0.3) is 0 Å². The molecule has 0 fully saturated rings. The van der Waals surface area contributed by atoms with E-state index in [1.54, 1.807) is 5.38 Å². The Morgan fingerprint density at radius 1 is 1.44 bits per heavy atom. The summed E-state index contributed by atoms with van der Waals surface area (Å²) < 4.78 is 35.7. The normalized spacial score (nSPS) is 11.8. The van der Waals surface area contributed by atoms with E-state index in [1.807, 2.05) is 13.0 Å². The van der Waals surface area contributed by atoms with Crippen LogP contribution < -0.4 is 0 Å². The molecule has 90 valence electrons. The average Bonchev–Trinajstić information content (AvgIpc) is 2.63. The zero-order valence-electron chi connectivity index (χ0n) is 8.93. The Kier molecular flexibility index (Phi) is 4.53. The summed E-state index contributed by atoms with van der Waals surface area (Å²) in [5.74, 6) is -0.170. The van der Waals surface area contributed by atoms with Crippen molar-refractivity contribution in [3.8, 4) is 0 Å². The molecule has 0 N–H and O–H groups in total. The zero-order valence-corrected chi connectivity index (χ0v) is 9.75. The molecule has 0 amide bonds. The maximum absolute atomic E-state index is 11.9. The summed E-state index contributed by atoms with van der Waals surface area (Å²) >= 11 is 1.31. The molecule has 1 heterocycles. The van der Waals surface area contributed by atoms with Crippen molar-refractivity contribution >= 4 is 17.1 Å². The Morgan fingerprint density at radius 2 is 2.12 bits per heavy atom. The van der Waals surface area contributed by atoms with Crippen molar-refractivity contribution in [2.75, 3.05) is 0 Å². The van der Waals surface area contributed by atoms with Crippen LogP contribution in [0.2, 0.25) is 0 Å². The molecule has 0 unspecified atom stereocenters. The lowest BCUT2D eigenvalue weighted by Crippen LogP contribution is -2.08. The van der Waals surface area contributed by atoms with Gasteiger partial charge >= 0.3 is 6.18 Å². The predicted octanol–water partition coefficient (Wildman–Crippen LogP) is 4.23. The number of hydrogen-bond donors (Lipinski definition) is 0. The largest absolute Gasteiger partial charge is 0.389 e. The lowest BCUT2D eigenvalue weighted by atomic mass is 10.1. The van der Waals surface area contributed by atoms with Crippen LogP contribution >= 0.6 is 11.3 Å². The molecule has 0 aliphatic heterocycles. The number of rotatable bonds is 5. The fourth-order valence-corrected chi connectivity index (χ4v) is 2.39. The summed E-state index contributed by atoms with van der Waals surface area (Å²) in [7, 11) is 0. The molecule has 0 atom stereocenters. The number of alkyl halides is 3. The van der Waals surface area contributed by atoms with Crippen molar-refractivity contribution in [1.82, 2.24) is 0 Å². The number of ketones is 1. The smallest absolute Gasteiger partial charge is 0.293 e. The Labute approximate surface area is 96.3 Å². The van der Waals surface area contributed by atoms with Crippen molar-refractivity contribution in [2.45, 2.75) is 38.8 Å². The van der Waals surface area contributed by atoms with Gasteiger partial charge in [-0.25, -0.2) is 0 Å². The van der Waals surface area contributed by atoms with Gasteiger partial charge in [0.1, 0.15) is 0 Å². The molecule has 0 bridgehead atoms. The van der Waals surface area contributed by atoms with Crippen LogP contribution in [-0.4, -0.2) is 12.0 Å². The van der Waals surface area contributed by atoms with Crippen LogP contribution in [0.15, 0.2) is 11.4 Å². The predicted molar refractivity (Wildman–Crippen MR) is 57.9 cm³/mol. The summed E-state index contributed by atoms with van der Waals surface area (Å²) in [6, 6.07) is 1.85. The first-order chi connectivity index (χ1) is 7.44. The van der Waals surface area contributed by atoms with Crippen LogP contribution in [0.4, 0.5) is 13.2 Å². The maximum atomic E-state index is 11.9. The fourth-order valence-electron chi connectivity index (χ4n) is 1.42. The second-order valence-electron chi connectivity index (χ2n) is 3.52. The van der Waals surface area contributed by atoms with Crippen LogP contribution in [0.3, 0.4) is 0 Å². The van der Waals surface area contributed by atoms with Gasteiger partial charge in [-0.05, 0) is 29.9 Å². The Balaban J connectivity index is 2.47. The lowest BCUT2D eigenvalue weighted by Gasteiger charge is -2.05. The minimum atomic E-state index is -4.16. The zero-order chi connectivity index (χ0) is 12.2. The van der Waals surface area contributed by atoms with Crippen LogP contribution in [0.5, 0.6) is 0 Å². The highest BCUT2D eigenvalue weighted by atomic mass is 32.1. The topological polar surface area (TPSA) is 17.1 Å². The van der Waals surface area contributed by atoms with Crippen molar-refractivity contribution in [3.05, 3.63) is 21.9 Å². The van der Waals surface area contributed by atoms with E-state index in [2.05, 4.69) is 0 Å². The summed E-state index contributed by atoms with van der Waals surface area (Å²) in [6.07, 6.45) is -4.45. The molecule has 0 spiro atoms. The second-order valence-corrected chi connectivity index (χ2v) is 4.44. The van der Waals surface area contributed by atoms with E-state index >= 15 is 0 Å². The van der Waals surface area contributed by atoms with Crippen molar-refractivity contribution in [2.24, 2.45) is 0 Å². The Hall–Kier alpha value is -0.840. The van der Waals surface area contributed by atoms with Crippen LogP contribution in [-0.2, 0) is 6.42 Å². The van der Waals surface area contributed by atoms with Crippen molar-refractivity contribution in [1.29, 1.82) is 0 Å². The first-order valence-electron chi connectivity index (χ1n) is 5.10. The molecule has 0 aliphatic carbocycles. The molecule has 0 radical (unpaired) electrons. The fraction of sp³-hybridized carbons (Fsp3) is 0.545. The van der Waals surface area contributed by atoms with E-state index in [1.165, 1.54) is 11.3 Å². The van der Waals surface area contributed by atoms with Gasteiger partial charge in [0.05, 0.1) is 4.88 Å². The molecule has 0 saturated carbocycles. The van der Waals surface area contributed by atoms with Gasteiger partial charge in [-0.1, -0.05) is 6.92 Å². The van der Waals surface area contributed by atoms with Gasteiger partial charge in [-0.2, -0.15) is 13.2 Å². The third-order valence-electron chi connectivity index (χ3n) is 2.25. The summed E-state index contributed by atoms with van der Waals surface area (Å²) in [6.45, 7) is 1.93. The van der Waals surface area contributed by atoms with Crippen LogP contribution in [0, 0.1) is 0 Å². The number of Topliss-reactive ketones (excluding diaryl/α,β-unsaturated/α-hetero) is 1. The molecule has 0 aromatic carbocycles. The maximum Gasteiger partial charge on any atom is 0.389 e. The molecule has 1 aromatic heterocycles. The minimum Gasteiger partial charge on any atom is -0.293 e. The van der Waals surface area contributed by atoms with Crippen molar-refractivity contribution < 1.29 is 18.0 Å². The molecule has 1 nitrogen and oxygen atoms in total. The van der Waals surface area contributed by atoms with E-state index < -0.39 is 12.6 Å². The number of aryl methyl sites for hydroxylation is 1. The summed E-state index contributed by atoms with van der Waals surface area (Å²) in [4.78, 5) is 12.2. The molecule has 1 rings (SSSR count). The lowest BCUT2D eigenvalue weighted by molar-refractivity contribution is -0.135. The number of halogens is 3. The molecule has 1 aromatic rings. The van der Waals surface area contributed by atoms with E-state index in [0.29, 0.717) is 4.88 Å². The SMILES string of the molecule is CCc1ccsc1C(=O)CCCC(F)(F)F. The molecule has 16 heavy (non-hydrogen) atoms. The number of hydrogen-bond acceptors (Lipinski definition) is 2. The van der Waals surface area contributed by atoms with E-state index in [-0.39, 0.29) is 18.6 Å². The third-order valence-corrected chi connectivity index (χ3v) is 3.24. The summed E-state index contributed by atoms with van der Waals surface area (Å²) in [5, 5.41) is 1.80.